The van der Waals surface area contributed by atoms with E-state index in [-0.39, 0.29) is 19.8 Å². The molecule has 0 radical (unpaired) electrons. The van der Waals surface area contributed by atoms with Gasteiger partial charge in [-0.2, -0.15) is 0 Å². The van der Waals surface area contributed by atoms with Crippen molar-refractivity contribution in [3.05, 3.63) is 0 Å². The second-order valence-corrected chi connectivity index (χ2v) is 4.69. The zero-order valence-electron chi connectivity index (χ0n) is 12.3. The number of ether oxygens (including phenoxy) is 1. The first-order valence-corrected chi connectivity index (χ1v) is 7.06. The van der Waals surface area contributed by atoms with E-state index in [0.29, 0.717) is 6.42 Å². The molecular formula is C14H32O4. The molecule has 112 valence electrons. The zero-order chi connectivity index (χ0) is 14.3. The summed E-state index contributed by atoms with van der Waals surface area (Å²) >= 11 is 0. The molecule has 3 N–H and O–H groups in total. The maximum absolute atomic E-state index is 8.79. The van der Waals surface area contributed by atoms with Gasteiger partial charge >= 0.3 is 0 Å². The summed E-state index contributed by atoms with van der Waals surface area (Å²) in [6, 6.07) is 0. The Hall–Kier alpha value is -0.160. The summed E-state index contributed by atoms with van der Waals surface area (Å²) in [6.07, 6.45) is 5.44. The van der Waals surface area contributed by atoms with Crippen molar-refractivity contribution in [3.8, 4) is 0 Å². The van der Waals surface area contributed by atoms with Gasteiger partial charge in [0, 0.05) is 18.6 Å². The fraction of sp³-hybridized carbons (Fsp3) is 1.00. The van der Waals surface area contributed by atoms with Crippen LogP contribution in [0.15, 0.2) is 0 Å². The lowest BCUT2D eigenvalue weighted by Gasteiger charge is -2.26. The fourth-order valence-corrected chi connectivity index (χ4v) is 1.06. The molecule has 0 aromatic carbocycles. The Morgan fingerprint density at radius 1 is 0.833 bits per heavy atom. The van der Waals surface area contributed by atoms with Crippen LogP contribution < -0.4 is 0 Å². The van der Waals surface area contributed by atoms with Gasteiger partial charge in [0.15, 0.2) is 0 Å². The van der Waals surface area contributed by atoms with Crippen molar-refractivity contribution in [1.82, 2.24) is 0 Å². The molecule has 0 aliphatic carbocycles. The van der Waals surface area contributed by atoms with Gasteiger partial charge in [-0.3, -0.25) is 0 Å². The Labute approximate surface area is 112 Å². The molecule has 0 unspecified atom stereocenters. The summed E-state index contributed by atoms with van der Waals surface area (Å²) in [5.74, 6) is 0. The highest BCUT2D eigenvalue weighted by molar-refractivity contribution is 4.75. The van der Waals surface area contributed by atoms with Crippen molar-refractivity contribution in [2.75, 3.05) is 33.0 Å². The van der Waals surface area contributed by atoms with Crippen LogP contribution in [0.25, 0.3) is 0 Å². The third-order valence-electron chi connectivity index (χ3n) is 2.86. The van der Waals surface area contributed by atoms with Crippen molar-refractivity contribution in [2.24, 2.45) is 5.41 Å². The number of hydrogen-bond acceptors (Lipinski definition) is 4. The van der Waals surface area contributed by atoms with Crippen LogP contribution in [-0.4, -0.2) is 48.4 Å². The van der Waals surface area contributed by atoms with E-state index in [1.54, 1.807) is 0 Å². The molecule has 1 fully saturated rings. The van der Waals surface area contributed by atoms with E-state index >= 15 is 0 Å². The monoisotopic (exact) mass is 264 g/mol. The van der Waals surface area contributed by atoms with E-state index in [1.807, 2.05) is 6.92 Å². The van der Waals surface area contributed by atoms with Crippen molar-refractivity contribution < 1.29 is 20.1 Å². The molecule has 0 atom stereocenters. The first-order chi connectivity index (χ1) is 8.66. The maximum Gasteiger partial charge on any atom is 0.0531 e. The standard InChI is InChI=1S/C7H16O3.C4H10.C3H6O/c1-2-3-7(4-8,5-9)6-10;1-3-4-2;1-2-4-3-1/h8-10H,2-6H2,1H3;3-4H2,1-2H3;1-3H2. The van der Waals surface area contributed by atoms with Gasteiger partial charge in [0.1, 0.15) is 0 Å². The van der Waals surface area contributed by atoms with Crippen LogP contribution in [0, 0.1) is 5.41 Å². The second-order valence-electron chi connectivity index (χ2n) is 4.69. The van der Waals surface area contributed by atoms with Gasteiger partial charge in [-0.05, 0) is 12.8 Å². The van der Waals surface area contributed by atoms with Gasteiger partial charge < -0.3 is 20.1 Å². The molecular weight excluding hydrogens is 232 g/mol. The summed E-state index contributed by atoms with van der Waals surface area (Å²) in [6.45, 7) is 7.88. The predicted octanol–water partition coefficient (Wildman–Crippen LogP) is 1.96. The first-order valence-electron chi connectivity index (χ1n) is 7.06. The van der Waals surface area contributed by atoms with Crippen molar-refractivity contribution in [3.63, 3.8) is 0 Å². The van der Waals surface area contributed by atoms with Crippen LogP contribution in [0.5, 0.6) is 0 Å². The van der Waals surface area contributed by atoms with Crippen molar-refractivity contribution >= 4 is 0 Å². The highest BCUT2D eigenvalue weighted by atomic mass is 16.5. The maximum atomic E-state index is 8.79. The Balaban J connectivity index is 0. The molecule has 18 heavy (non-hydrogen) atoms. The molecule has 0 aromatic rings. The number of hydrogen-bond donors (Lipinski definition) is 3. The molecule has 0 bridgehead atoms. The highest BCUT2D eigenvalue weighted by Crippen LogP contribution is 2.21. The quantitative estimate of drug-likeness (QED) is 0.686. The average molecular weight is 264 g/mol. The molecule has 0 saturated carbocycles. The lowest BCUT2D eigenvalue weighted by Crippen LogP contribution is -2.33. The molecule has 1 aliphatic rings. The van der Waals surface area contributed by atoms with Gasteiger partial charge in [-0.25, -0.2) is 0 Å². The molecule has 1 rings (SSSR count). The van der Waals surface area contributed by atoms with Gasteiger partial charge in [-0.15, -0.1) is 0 Å². The summed E-state index contributed by atoms with van der Waals surface area (Å²) < 4.78 is 4.72. The highest BCUT2D eigenvalue weighted by Gasteiger charge is 2.26. The molecule has 4 heteroatoms. The Morgan fingerprint density at radius 2 is 1.17 bits per heavy atom. The smallest absolute Gasteiger partial charge is 0.0531 e. The predicted molar refractivity (Wildman–Crippen MR) is 74.6 cm³/mol. The molecule has 1 heterocycles. The van der Waals surface area contributed by atoms with Crippen LogP contribution in [0.3, 0.4) is 0 Å². The van der Waals surface area contributed by atoms with Gasteiger partial charge in [0.25, 0.3) is 0 Å². The zero-order valence-corrected chi connectivity index (χ0v) is 12.3. The molecule has 1 aliphatic heterocycles. The largest absolute Gasteiger partial charge is 0.396 e. The number of unbranched alkanes of at least 4 members (excludes halogenated alkanes) is 1. The topological polar surface area (TPSA) is 69.9 Å². The first kappa shape index (κ1) is 20.2. The normalized spacial score (nSPS) is 13.7. The number of rotatable bonds is 6. The van der Waals surface area contributed by atoms with Crippen LogP contribution in [0.1, 0.15) is 52.9 Å². The van der Waals surface area contributed by atoms with Crippen LogP contribution in [0.2, 0.25) is 0 Å². The molecule has 0 spiro atoms. The third kappa shape index (κ3) is 11.0. The van der Waals surface area contributed by atoms with Crippen molar-refractivity contribution in [1.29, 1.82) is 0 Å². The van der Waals surface area contributed by atoms with E-state index in [2.05, 4.69) is 13.8 Å². The molecule has 0 aromatic heterocycles. The second kappa shape index (κ2) is 14.9. The van der Waals surface area contributed by atoms with E-state index in [4.69, 9.17) is 20.1 Å². The van der Waals surface area contributed by atoms with E-state index in [1.165, 1.54) is 19.3 Å². The van der Waals surface area contributed by atoms with E-state index < -0.39 is 5.41 Å². The van der Waals surface area contributed by atoms with Gasteiger partial charge in [0.05, 0.1) is 19.8 Å². The van der Waals surface area contributed by atoms with Gasteiger partial charge in [0.2, 0.25) is 0 Å². The lowest BCUT2D eigenvalue weighted by atomic mass is 9.86. The Kier molecular flexibility index (Phi) is 16.7. The number of aliphatic hydroxyl groups excluding tert-OH is 3. The van der Waals surface area contributed by atoms with E-state index in [0.717, 1.165) is 19.6 Å². The fourth-order valence-electron chi connectivity index (χ4n) is 1.06. The molecule has 0 amide bonds. The minimum absolute atomic E-state index is 0.145. The minimum Gasteiger partial charge on any atom is -0.396 e. The van der Waals surface area contributed by atoms with E-state index in [9.17, 15) is 0 Å². The van der Waals surface area contributed by atoms with Gasteiger partial charge in [-0.1, -0.05) is 40.0 Å². The number of aliphatic hydroxyl groups is 3. The molecule has 1 saturated heterocycles. The minimum atomic E-state index is -0.658. The van der Waals surface area contributed by atoms with Crippen LogP contribution >= 0.6 is 0 Å². The summed E-state index contributed by atoms with van der Waals surface area (Å²) in [5, 5.41) is 26.4. The van der Waals surface area contributed by atoms with Crippen molar-refractivity contribution in [2.45, 2.75) is 52.9 Å². The molecule has 4 nitrogen and oxygen atoms in total. The summed E-state index contributed by atoms with van der Waals surface area (Å²) in [5.41, 5.74) is -0.658. The average Bonchev–Trinajstić information content (AvgIpc) is 2.34. The Morgan fingerprint density at radius 3 is 1.22 bits per heavy atom. The lowest BCUT2D eigenvalue weighted by molar-refractivity contribution is -0.00101. The van der Waals surface area contributed by atoms with Crippen LogP contribution in [0.4, 0.5) is 0 Å². The Bertz CT molecular complexity index is 128. The summed E-state index contributed by atoms with van der Waals surface area (Å²) in [7, 11) is 0. The van der Waals surface area contributed by atoms with Crippen LogP contribution in [-0.2, 0) is 4.74 Å². The summed E-state index contributed by atoms with van der Waals surface area (Å²) in [4.78, 5) is 0. The third-order valence-corrected chi connectivity index (χ3v) is 2.86. The SMILES string of the molecule is C1COC1.CCCC.CCCC(CO)(CO)CO.